The first-order valence-corrected chi connectivity index (χ1v) is 4.96. The molecule has 2 N–H and O–H groups in total. The maximum Gasteiger partial charge on any atom is 0.0471 e. The summed E-state index contributed by atoms with van der Waals surface area (Å²) in [5, 5.41) is 0. The van der Waals surface area contributed by atoms with Gasteiger partial charge in [-0.05, 0) is 24.8 Å². The Morgan fingerprint density at radius 3 is 1.92 bits per heavy atom. The van der Waals surface area contributed by atoms with E-state index in [1.165, 1.54) is 6.42 Å². The molecule has 0 aliphatic carbocycles. The summed E-state index contributed by atoms with van der Waals surface area (Å²) in [6, 6.07) is 0. The summed E-state index contributed by atoms with van der Waals surface area (Å²) in [7, 11) is 0. The van der Waals surface area contributed by atoms with Crippen LogP contribution < -0.4 is 5.73 Å². The second kappa shape index (κ2) is 6.44. The largest absolute Gasteiger partial charge is 0.381 e. The van der Waals surface area contributed by atoms with E-state index < -0.39 is 0 Å². The normalized spacial score (nSPS) is 21.0. The Balaban J connectivity index is 0.000000354. The highest BCUT2D eigenvalue weighted by atomic mass is 16.5. The van der Waals surface area contributed by atoms with Crippen LogP contribution in [0.25, 0.3) is 0 Å². The zero-order valence-corrected chi connectivity index (χ0v) is 8.73. The summed E-state index contributed by atoms with van der Waals surface area (Å²) in [6.45, 7) is 9.08. The number of hydrogen-bond donors (Lipinski definition) is 1. The van der Waals surface area contributed by atoms with Crippen LogP contribution >= 0.6 is 0 Å². The average molecular weight is 173 g/mol. The second-order valence-corrected chi connectivity index (χ2v) is 3.83. The molecule has 0 amide bonds. The topological polar surface area (TPSA) is 35.2 Å². The quantitative estimate of drug-likeness (QED) is 0.659. The maximum absolute atomic E-state index is 5.58. The molecule has 12 heavy (non-hydrogen) atoms. The fourth-order valence-corrected chi connectivity index (χ4v) is 1.07. The molecule has 74 valence electrons. The summed E-state index contributed by atoms with van der Waals surface area (Å²) >= 11 is 0. The molecule has 1 fully saturated rings. The first-order valence-electron chi connectivity index (χ1n) is 4.96. The smallest absolute Gasteiger partial charge is 0.0471 e. The molecule has 0 aromatic heterocycles. The molecular formula is C10H23NO. The van der Waals surface area contributed by atoms with Gasteiger partial charge in [-0.25, -0.2) is 0 Å². The van der Waals surface area contributed by atoms with E-state index in [1.807, 2.05) is 0 Å². The Bertz CT molecular complexity index is 98.0. The van der Waals surface area contributed by atoms with Crippen molar-refractivity contribution < 1.29 is 4.74 Å². The number of nitrogens with two attached hydrogens (primary N) is 1. The Hall–Kier alpha value is -0.0800. The van der Waals surface area contributed by atoms with Crippen LogP contribution in [-0.4, -0.2) is 19.8 Å². The minimum Gasteiger partial charge on any atom is -0.381 e. The van der Waals surface area contributed by atoms with Crippen LogP contribution in [0.2, 0.25) is 0 Å². The van der Waals surface area contributed by atoms with Crippen molar-refractivity contribution in [2.75, 3.05) is 19.8 Å². The highest BCUT2D eigenvalue weighted by molar-refractivity contribution is 4.77. The van der Waals surface area contributed by atoms with Crippen molar-refractivity contribution in [2.24, 2.45) is 11.1 Å². The van der Waals surface area contributed by atoms with E-state index in [2.05, 4.69) is 20.8 Å². The first kappa shape index (κ1) is 11.9. The van der Waals surface area contributed by atoms with Crippen molar-refractivity contribution in [3.63, 3.8) is 0 Å². The molecule has 0 bridgehead atoms. The predicted octanol–water partition coefficient (Wildman–Crippen LogP) is 2.18. The average Bonchev–Trinajstić information content (AvgIpc) is 2.07. The lowest BCUT2D eigenvalue weighted by Crippen LogP contribution is -2.33. The Morgan fingerprint density at radius 1 is 1.25 bits per heavy atom. The molecule has 0 radical (unpaired) electrons. The highest BCUT2D eigenvalue weighted by Gasteiger charge is 2.24. The van der Waals surface area contributed by atoms with E-state index in [4.69, 9.17) is 10.5 Å². The molecule has 2 nitrogen and oxygen atoms in total. The Labute approximate surface area is 76.5 Å². The minimum absolute atomic E-state index is 0.373. The Morgan fingerprint density at radius 2 is 1.67 bits per heavy atom. The van der Waals surface area contributed by atoms with Gasteiger partial charge in [-0.3, -0.25) is 0 Å². The predicted molar refractivity (Wildman–Crippen MR) is 53.2 cm³/mol. The standard InChI is InChI=1S/C7H15NO.C3H8/c1-7(6-8)2-4-9-5-3-7;1-3-2/h2-6,8H2,1H3;3H2,1-2H3. The summed E-state index contributed by atoms with van der Waals surface area (Å²) in [6.07, 6.45) is 3.51. The third-order valence-electron chi connectivity index (χ3n) is 2.19. The van der Waals surface area contributed by atoms with Crippen molar-refractivity contribution >= 4 is 0 Å². The molecule has 0 saturated carbocycles. The maximum atomic E-state index is 5.58. The summed E-state index contributed by atoms with van der Waals surface area (Å²) in [4.78, 5) is 0. The van der Waals surface area contributed by atoms with Gasteiger partial charge < -0.3 is 10.5 Å². The van der Waals surface area contributed by atoms with Crippen LogP contribution in [0.1, 0.15) is 40.0 Å². The van der Waals surface area contributed by atoms with Gasteiger partial charge in [0.1, 0.15) is 0 Å². The fourth-order valence-electron chi connectivity index (χ4n) is 1.07. The Kier molecular flexibility index (Phi) is 6.39. The van der Waals surface area contributed by atoms with Crippen molar-refractivity contribution in [1.29, 1.82) is 0 Å². The van der Waals surface area contributed by atoms with Crippen LogP contribution in [0.4, 0.5) is 0 Å². The molecule has 0 aromatic rings. The molecule has 0 spiro atoms. The van der Waals surface area contributed by atoms with E-state index in [9.17, 15) is 0 Å². The molecule has 0 atom stereocenters. The van der Waals surface area contributed by atoms with Gasteiger partial charge in [0.15, 0.2) is 0 Å². The minimum atomic E-state index is 0.373. The highest BCUT2D eigenvalue weighted by Crippen LogP contribution is 2.27. The van der Waals surface area contributed by atoms with Crippen LogP contribution in [0.15, 0.2) is 0 Å². The summed E-state index contributed by atoms with van der Waals surface area (Å²) in [5.74, 6) is 0. The monoisotopic (exact) mass is 173 g/mol. The lowest BCUT2D eigenvalue weighted by molar-refractivity contribution is 0.0281. The van der Waals surface area contributed by atoms with Crippen LogP contribution in [0.5, 0.6) is 0 Å². The fraction of sp³-hybridized carbons (Fsp3) is 1.00. The molecule has 1 heterocycles. The van der Waals surface area contributed by atoms with Gasteiger partial charge in [-0.2, -0.15) is 0 Å². The molecule has 1 rings (SSSR count). The van der Waals surface area contributed by atoms with E-state index in [1.54, 1.807) is 0 Å². The zero-order valence-electron chi connectivity index (χ0n) is 8.73. The molecule has 0 aromatic carbocycles. The molecule has 1 saturated heterocycles. The molecule has 1 aliphatic heterocycles. The third kappa shape index (κ3) is 4.73. The molecular weight excluding hydrogens is 150 g/mol. The molecule has 1 aliphatic rings. The van der Waals surface area contributed by atoms with Crippen molar-refractivity contribution in [3.05, 3.63) is 0 Å². The SMILES string of the molecule is CC1(CN)CCOCC1.CCC. The van der Waals surface area contributed by atoms with Crippen LogP contribution in [0, 0.1) is 5.41 Å². The van der Waals surface area contributed by atoms with E-state index in [0.717, 1.165) is 32.6 Å². The second-order valence-electron chi connectivity index (χ2n) is 3.83. The van der Waals surface area contributed by atoms with Crippen LogP contribution in [-0.2, 0) is 4.74 Å². The van der Waals surface area contributed by atoms with Crippen molar-refractivity contribution in [1.82, 2.24) is 0 Å². The van der Waals surface area contributed by atoms with E-state index >= 15 is 0 Å². The first-order chi connectivity index (χ1) is 5.68. The van der Waals surface area contributed by atoms with Gasteiger partial charge in [-0.1, -0.05) is 27.2 Å². The lowest BCUT2D eigenvalue weighted by atomic mass is 9.83. The van der Waals surface area contributed by atoms with Gasteiger partial charge >= 0.3 is 0 Å². The molecule has 2 heteroatoms. The van der Waals surface area contributed by atoms with Crippen molar-refractivity contribution in [3.8, 4) is 0 Å². The number of ether oxygens (including phenoxy) is 1. The van der Waals surface area contributed by atoms with Crippen LogP contribution in [0.3, 0.4) is 0 Å². The van der Waals surface area contributed by atoms with E-state index in [-0.39, 0.29) is 0 Å². The number of rotatable bonds is 1. The van der Waals surface area contributed by atoms with Gasteiger partial charge in [0.25, 0.3) is 0 Å². The summed E-state index contributed by atoms with van der Waals surface area (Å²) in [5.41, 5.74) is 5.96. The zero-order chi connectivity index (χ0) is 9.45. The van der Waals surface area contributed by atoms with Gasteiger partial charge in [0.2, 0.25) is 0 Å². The number of hydrogen-bond acceptors (Lipinski definition) is 2. The van der Waals surface area contributed by atoms with Gasteiger partial charge in [0, 0.05) is 13.2 Å². The third-order valence-corrected chi connectivity index (χ3v) is 2.19. The lowest BCUT2D eigenvalue weighted by Gasteiger charge is -2.31. The van der Waals surface area contributed by atoms with Crippen molar-refractivity contribution in [2.45, 2.75) is 40.0 Å². The summed E-state index contributed by atoms with van der Waals surface area (Å²) < 4.78 is 5.21. The van der Waals surface area contributed by atoms with Gasteiger partial charge in [0.05, 0.1) is 0 Å². The van der Waals surface area contributed by atoms with E-state index in [0.29, 0.717) is 5.41 Å². The molecule has 0 unspecified atom stereocenters. The van der Waals surface area contributed by atoms with Gasteiger partial charge in [-0.15, -0.1) is 0 Å².